The van der Waals surface area contributed by atoms with Crippen LogP contribution in [0, 0.1) is 10.1 Å². The van der Waals surface area contributed by atoms with Gasteiger partial charge in [-0.05, 0) is 30.3 Å². The monoisotopic (exact) mass is 403 g/mol. The van der Waals surface area contributed by atoms with Crippen LogP contribution in [0.2, 0.25) is 10.0 Å². The zero-order chi connectivity index (χ0) is 18.8. The van der Waals surface area contributed by atoms with Gasteiger partial charge < -0.3 is 5.73 Å². The molecule has 25 heavy (non-hydrogen) atoms. The van der Waals surface area contributed by atoms with Gasteiger partial charge in [-0.3, -0.25) is 19.2 Å². The topological polar surface area (TPSA) is 124 Å². The SMILES string of the molecule is NC(=O)CN(c1ccc(Cl)cc1)S(=O)(=O)c1cc([N+](=O)[O-])ccc1Cl. The van der Waals surface area contributed by atoms with Gasteiger partial charge in [-0.25, -0.2) is 8.42 Å². The molecular weight excluding hydrogens is 393 g/mol. The average Bonchev–Trinajstić information content (AvgIpc) is 2.53. The fraction of sp³-hybridized carbons (Fsp3) is 0.0714. The fourth-order valence-corrected chi connectivity index (χ4v) is 4.04. The van der Waals surface area contributed by atoms with Gasteiger partial charge in [0, 0.05) is 17.2 Å². The second kappa shape index (κ2) is 7.26. The van der Waals surface area contributed by atoms with Crippen LogP contribution in [-0.4, -0.2) is 25.8 Å². The summed E-state index contributed by atoms with van der Waals surface area (Å²) in [6.07, 6.45) is 0. The molecule has 0 saturated heterocycles. The van der Waals surface area contributed by atoms with Gasteiger partial charge in [-0.15, -0.1) is 0 Å². The maximum absolute atomic E-state index is 12.9. The summed E-state index contributed by atoms with van der Waals surface area (Å²) in [4.78, 5) is 21.0. The quantitative estimate of drug-likeness (QED) is 0.586. The number of carbonyl (C=O) groups is 1. The van der Waals surface area contributed by atoms with Gasteiger partial charge >= 0.3 is 0 Å². The second-order valence-corrected chi connectivity index (χ2v) is 7.50. The van der Waals surface area contributed by atoms with Crippen LogP contribution in [0.3, 0.4) is 0 Å². The Balaban J connectivity index is 2.63. The summed E-state index contributed by atoms with van der Waals surface area (Å²) < 4.78 is 26.6. The van der Waals surface area contributed by atoms with Crippen LogP contribution in [0.15, 0.2) is 47.4 Å². The summed E-state index contributed by atoms with van der Waals surface area (Å²) in [5.74, 6) is -0.917. The van der Waals surface area contributed by atoms with Crippen molar-refractivity contribution in [2.75, 3.05) is 10.8 Å². The Labute approximate surface area is 152 Å². The van der Waals surface area contributed by atoms with Gasteiger partial charge in [0.25, 0.3) is 15.7 Å². The Hall–Kier alpha value is -2.36. The van der Waals surface area contributed by atoms with Crippen LogP contribution in [0.5, 0.6) is 0 Å². The minimum Gasteiger partial charge on any atom is -0.368 e. The number of nitro groups is 1. The number of nitro benzene ring substituents is 1. The second-order valence-electron chi connectivity index (χ2n) is 4.83. The molecule has 0 aliphatic heterocycles. The zero-order valence-corrected chi connectivity index (χ0v) is 14.8. The third-order valence-electron chi connectivity index (χ3n) is 3.11. The van der Waals surface area contributed by atoms with Crippen LogP contribution in [0.1, 0.15) is 0 Å². The van der Waals surface area contributed by atoms with Gasteiger partial charge in [0.05, 0.1) is 15.6 Å². The van der Waals surface area contributed by atoms with E-state index in [0.29, 0.717) is 9.33 Å². The maximum Gasteiger partial charge on any atom is 0.270 e. The van der Waals surface area contributed by atoms with E-state index >= 15 is 0 Å². The number of hydrogen-bond acceptors (Lipinski definition) is 5. The molecule has 0 radical (unpaired) electrons. The molecule has 0 saturated carbocycles. The van der Waals surface area contributed by atoms with Crippen LogP contribution in [0.25, 0.3) is 0 Å². The van der Waals surface area contributed by atoms with E-state index in [1.807, 2.05) is 0 Å². The highest BCUT2D eigenvalue weighted by Gasteiger charge is 2.30. The molecule has 0 bridgehead atoms. The number of sulfonamides is 1. The number of anilines is 1. The standard InChI is InChI=1S/C14H11Cl2N3O5S/c15-9-1-3-10(4-2-9)18(8-14(17)20)25(23,24)13-7-11(19(21)22)5-6-12(13)16/h1-7H,8H2,(H2,17,20). The Bertz CT molecular complexity index is 932. The summed E-state index contributed by atoms with van der Waals surface area (Å²) in [5, 5.41) is 11.0. The van der Waals surface area contributed by atoms with E-state index in [1.165, 1.54) is 24.3 Å². The van der Waals surface area contributed by atoms with Crippen molar-refractivity contribution in [1.29, 1.82) is 0 Å². The molecule has 8 nitrogen and oxygen atoms in total. The largest absolute Gasteiger partial charge is 0.368 e. The molecule has 0 fully saturated rings. The van der Waals surface area contributed by atoms with Gasteiger partial charge in [-0.1, -0.05) is 23.2 Å². The number of non-ortho nitro benzene ring substituents is 1. The summed E-state index contributed by atoms with van der Waals surface area (Å²) >= 11 is 11.7. The van der Waals surface area contributed by atoms with Crippen molar-refractivity contribution in [2.24, 2.45) is 5.73 Å². The number of carbonyl (C=O) groups excluding carboxylic acids is 1. The minimum atomic E-state index is -4.40. The van der Waals surface area contributed by atoms with Gasteiger partial charge in [-0.2, -0.15) is 0 Å². The lowest BCUT2D eigenvalue weighted by atomic mass is 10.3. The first-order valence-corrected chi connectivity index (χ1v) is 8.83. The highest BCUT2D eigenvalue weighted by atomic mass is 35.5. The number of benzene rings is 2. The zero-order valence-electron chi connectivity index (χ0n) is 12.4. The van der Waals surface area contributed by atoms with Crippen molar-refractivity contribution in [1.82, 2.24) is 0 Å². The molecule has 0 aromatic heterocycles. The van der Waals surface area contributed by atoms with E-state index in [0.717, 1.165) is 18.2 Å². The summed E-state index contributed by atoms with van der Waals surface area (Å²) in [6.45, 7) is -0.678. The minimum absolute atomic E-state index is 0.103. The highest BCUT2D eigenvalue weighted by Crippen LogP contribution is 2.31. The summed E-state index contributed by atoms with van der Waals surface area (Å²) in [6, 6.07) is 8.58. The third-order valence-corrected chi connectivity index (χ3v) is 5.62. The lowest BCUT2D eigenvalue weighted by Crippen LogP contribution is -2.38. The van der Waals surface area contributed by atoms with Crippen LogP contribution in [-0.2, 0) is 14.8 Å². The lowest BCUT2D eigenvalue weighted by Gasteiger charge is -2.23. The van der Waals surface area contributed by atoms with Crippen molar-refractivity contribution in [3.8, 4) is 0 Å². The molecule has 2 aromatic rings. The van der Waals surface area contributed by atoms with Crippen LogP contribution in [0.4, 0.5) is 11.4 Å². The van der Waals surface area contributed by atoms with Crippen molar-refractivity contribution in [2.45, 2.75) is 4.90 Å². The number of rotatable bonds is 6. The molecule has 1 amide bonds. The number of halogens is 2. The van der Waals surface area contributed by atoms with E-state index < -0.39 is 38.0 Å². The molecule has 0 spiro atoms. The molecule has 132 valence electrons. The summed E-state index contributed by atoms with van der Waals surface area (Å²) in [7, 11) is -4.40. The smallest absolute Gasteiger partial charge is 0.270 e. The van der Waals surface area contributed by atoms with E-state index in [4.69, 9.17) is 28.9 Å². The van der Waals surface area contributed by atoms with Gasteiger partial charge in [0.15, 0.2) is 0 Å². The molecule has 0 aliphatic carbocycles. The third kappa shape index (κ3) is 4.19. The Morgan fingerprint density at radius 1 is 1.16 bits per heavy atom. The molecule has 2 N–H and O–H groups in total. The van der Waals surface area contributed by atoms with Crippen molar-refractivity contribution in [3.63, 3.8) is 0 Å². The van der Waals surface area contributed by atoms with Crippen molar-refractivity contribution >= 4 is 50.5 Å². The summed E-state index contributed by atoms with van der Waals surface area (Å²) in [5.41, 5.74) is 4.78. The van der Waals surface area contributed by atoms with Crippen LogP contribution < -0.4 is 10.0 Å². The number of primary amides is 1. The molecule has 0 aliphatic rings. The molecule has 0 unspecified atom stereocenters. The first kappa shape index (κ1) is 19.0. The fourth-order valence-electron chi connectivity index (χ4n) is 1.99. The van der Waals surface area contributed by atoms with Crippen molar-refractivity contribution in [3.05, 3.63) is 62.6 Å². The van der Waals surface area contributed by atoms with E-state index in [9.17, 15) is 23.3 Å². The Morgan fingerprint density at radius 2 is 1.76 bits per heavy atom. The number of hydrogen-bond donors (Lipinski definition) is 1. The normalized spacial score (nSPS) is 11.1. The molecule has 2 aromatic carbocycles. The van der Waals surface area contributed by atoms with Gasteiger partial charge in [0.1, 0.15) is 11.4 Å². The van der Waals surface area contributed by atoms with E-state index in [2.05, 4.69) is 0 Å². The first-order valence-electron chi connectivity index (χ1n) is 6.63. The number of amides is 1. The Morgan fingerprint density at radius 3 is 2.28 bits per heavy atom. The van der Waals surface area contributed by atoms with Gasteiger partial charge in [0.2, 0.25) is 5.91 Å². The maximum atomic E-state index is 12.9. The molecule has 2 rings (SSSR count). The van der Waals surface area contributed by atoms with Crippen LogP contribution >= 0.6 is 23.2 Å². The first-order chi connectivity index (χ1) is 11.6. The average molecular weight is 404 g/mol. The predicted molar refractivity (Wildman–Crippen MR) is 93.3 cm³/mol. The van der Waals surface area contributed by atoms with E-state index in [1.54, 1.807) is 0 Å². The predicted octanol–water partition coefficient (Wildman–Crippen LogP) is 2.58. The molecule has 0 heterocycles. The van der Waals surface area contributed by atoms with Crippen molar-refractivity contribution < 1.29 is 18.1 Å². The number of nitrogens with zero attached hydrogens (tertiary/aromatic N) is 2. The molecule has 0 atom stereocenters. The number of nitrogens with two attached hydrogens (primary N) is 1. The highest BCUT2D eigenvalue weighted by molar-refractivity contribution is 7.93. The molecule has 11 heteroatoms. The lowest BCUT2D eigenvalue weighted by molar-refractivity contribution is -0.385. The Kier molecular flexibility index (Phi) is 5.51. The van der Waals surface area contributed by atoms with E-state index in [-0.39, 0.29) is 10.7 Å². The molecular formula is C14H11Cl2N3O5S.